The molecule has 17 heavy (non-hydrogen) atoms. The lowest BCUT2D eigenvalue weighted by Crippen LogP contribution is -2.34. The van der Waals surface area contributed by atoms with E-state index >= 15 is 0 Å². The van der Waals surface area contributed by atoms with Crippen molar-refractivity contribution in [2.45, 2.75) is 38.8 Å². The summed E-state index contributed by atoms with van der Waals surface area (Å²) in [5.74, 6) is 1.02. The Kier molecular flexibility index (Phi) is 3.47. The van der Waals surface area contributed by atoms with Gasteiger partial charge in [0.15, 0.2) is 5.82 Å². The first-order valence-corrected chi connectivity index (χ1v) is 6.16. The molecule has 5 heteroatoms. The van der Waals surface area contributed by atoms with Gasteiger partial charge in [-0.15, -0.1) is 0 Å². The van der Waals surface area contributed by atoms with Crippen LogP contribution in [0.25, 0.3) is 0 Å². The zero-order valence-electron chi connectivity index (χ0n) is 10.4. The smallest absolute Gasteiger partial charge is 0.293 e. The molecular formula is C12H20N4O. The molecule has 1 atom stereocenters. The monoisotopic (exact) mass is 236 g/mol. The van der Waals surface area contributed by atoms with Crippen LogP contribution in [-0.2, 0) is 0 Å². The second kappa shape index (κ2) is 4.87. The van der Waals surface area contributed by atoms with E-state index in [2.05, 4.69) is 10.3 Å². The average Bonchev–Trinajstić information content (AvgIpc) is 3.10. The number of nitrogens with one attached hydrogen (secondary N) is 1. The minimum absolute atomic E-state index is 0.0782. The third-order valence-corrected chi connectivity index (χ3v) is 3.16. The molecular weight excluding hydrogens is 216 g/mol. The highest BCUT2D eigenvalue weighted by atomic mass is 16.1. The fourth-order valence-corrected chi connectivity index (χ4v) is 1.86. The van der Waals surface area contributed by atoms with E-state index in [4.69, 9.17) is 5.73 Å². The maximum absolute atomic E-state index is 12.0. The van der Waals surface area contributed by atoms with Crippen molar-refractivity contribution in [3.05, 3.63) is 22.7 Å². The summed E-state index contributed by atoms with van der Waals surface area (Å²) in [6.07, 6.45) is 5.77. The van der Waals surface area contributed by atoms with Crippen LogP contribution in [0.1, 0.15) is 32.7 Å². The number of anilines is 1. The van der Waals surface area contributed by atoms with E-state index in [1.807, 2.05) is 13.8 Å². The van der Waals surface area contributed by atoms with Gasteiger partial charge < -0.3 is 15.6 Å². The summed E-state index contributed by atoms with van der Waals surface area (Å²) in [4.78, 5) is 16.1. The number of nitrogens with two attached hydrogens (primary N) is 1. The van der Waals surface area contributed by atoms with E-state index in [9.17, 15) is 4.79 Å². The van der Waals surface area contributed by atoms with Crippen molar-refractivity contribution in [2.75, 3.05) is 11.9 Å². The van der Waals surface area contributed by atoms with Crippen molar-refractivity contribution >= 4 is 5.82 Å². The lowest BCUT2D eigenvalue weighted by atomic mass is 10.2. The fourth-order valence-electron chi connectivity index (χ4n) is 1.86. The zero-order valence-corrected chi connectivity index (χ0v) is 10.4. The van der Waals surface area contributed by atoms with Gasteiger partial charge in [-0.1, -0.05) is 0 Å². The van der Waals surface area contributed by atoms with Gasteiger partial charge in [0.25, 0.3) is 5.56 Å². The Morgan fingerprint density at radius 3 is 2.88 bits per heavy atom. The number of rotatable bonds is 5. The first kappa shape index (κ1) is 12.1. The van der Waals surface area contributed by atoms with E-state index in [-0.39, 0.29) is 17.6 Å². The van der Waals surface area contributed by atoms with Crippen LogP contribution in [0.2, 0.25) is 0 Å². The average molecular weight is 236 g/mol. The molecule has 1 aliphatic rings. The van der Waals surface area contributed by atoms with E-state index in [1.165, 1.54) is 12.8 Å². The normalized spacial score (nSPS) is 17.2. The second-order valence-electron chi connectivity index (χ2n) is 4.96. The maximum Gasteiger partial charge on any atom is 0.293 e. The molecule has 0 saturated heterocycles. The summed E-state index contributed by atoms with van der Waals surface area (Å²) < 4.78 is 1.66. The molecule has 0 radical (unpaired) electrons. The Bertz CT molecular complexity index is 436. The van der Waals surface area contributed by atoms with Gasteiger partial charge in [-0.25, -0.2) is 4.98 Å². The van der Waals surface area contributed by atoms with Crippen LogP contribution < -0.4 is 16.6 Å². The first-order valence-electron chi connectivity index (χ1n) is 6.16. The molecule has 5 nitrogen and oxygen atoms in total. The van der Waals surface area contributed by atoms with Gasteiger partial charge in [0, 0.05) is 31.0 Å². The molecule has 1 aromatic heterocycles. The quantitative estimate of drug-likeness (QED) is 0.799. The third kappa shape index (κ3) is 2.85. The van der Waals surface area contributed by atoms with E-state index in [0.29, 0.717) is 18.3 Å². The summed E-state index contributed by atoms with van der Waals surface area (Å²) in [5.41, 5.74) is 5.90. The molecule has 1 unspecified atom stereocenters. The van der Waals surface area contributed by atoms with Gasteiger partial charge in [0.1, 0.15) is 0 Å². The zero-order chi connectivity index (χ0) is 12.4. The third-order valence-electron chi connectivity index (χ3n) is 3.16. The molecule has 0 bridgehead atoms. The lowest BCUT2D eigenvalue weighted by molar-refractivity contribution is 0.572. The van der Waals surface area contributed by atoms with Crippen LogP contribution in [0, 0.1) is 5.92 Å². The van der Waals surface area contributed by atoms with Crippen LogP contribution >= 0.6 is 0 Å². The van der Waals surface area contributed by atoms with Crippen molar-refractivity contribution in [3.63, 3.8) is 0 Å². The summed E-state index contributed by atoms with van der Waals surface area (Å²) in [7, 11) is 0. The van der Waals surface area contributed by atoms with Crippen LogP contribution in [0.3, 0.4) is 0 Å². The highest BCUT2D eigenvalue weighted by Crippen LogP contribution is 2.31. The van der Waals surface area contributed by atoms with Gasteiger partial charge in [-0.05, 0) is 32.6 Å². The standard InChI is InChI=1S/C12H20N4O/c1-8(2)16-6-5-14-11(12(16)17)15-7-10(13)9-3-4-9/h5-6,8-10H,3-4,7,13H2,1-2H3,(H,14,15). The van der Waals surface area contributed by atoms with Crippen molar-refractivity contribution in [3.8, 4) is 0 Å². The van der Waals surface area contributed by atoms with Crippen molar-refractivity contribution in [2.24, 2.45) is 11.7 Å². The van der Waals surface area contributed by atoms with Gasteiger partial charge in [0.05, 0.1) is 0 Å². The van der Waals surface area contributed by atoms with Gasteiger partial charge in [0.2, 0.25) is 0 Å². The number of hydrogen-bond donors (Lipinski definition) is 2. The van der Waals surface area contributed by atoms with E-state index in [0.717, 1.165) is 0 Å². The number of aromatic nitrogens is 2. The van der Waals surface area contributed by atoms with Crippen molar-refractivity contribution < 1.29 is 0 Å². The summed E-state index contributed by atoms with van der Waals surface area (Å²) in [5, 5.41) is 3.06. The minimum Gasteiger partial charge on any atom is -0.364 e. The Hall–Kier alpha value is -1.36. The Morgan fingerprint density at radius 2 is 2.29 bits per heavy atom. The SMILES string of the molecule is CC(C)n1ccnc(NCC(N)C2CC2)c1=O. The van der Waals surface area contributed by atoms with Gasteiger partial charge >= 0.3 is 0 Å². The molecule has 0 spiro atoms. The molecule has 2 rings (SSSR count). The Morgan fingerprint density at radius 1 is 1.59 bits per heavy atom. The summed E-state index contributed by atoms with van der Waals surface area (Å²) in [6, 6.07) is 0.270. The molecule has 0 aromatic carbocycles. The molecule has 1 saturated carbocycles. The van der Waals surface area contributed by atoms with E-state index < -0.39 is 0 Å². The van der Waals surface area contributed by atoms with Crippen molar-refractivity contribution in [1.82, 2.24) is 9.55 Å². The second-order valence-corrected chi connectivity index (χ2v) is 4.96. The topological polar surface area (TPSA) is 72.9 Å². The van der Waals surface area contributed by atoms with Crippen LogP contribution in [0.5, 0.6) is 0 Å². The molecule has 94 valence electrons. The van der Waals surface area contributed by atoms with E-state index in [1.54, 1.807) is 17.0 Å². The highest BCUT2D eigenvalue weighted by Gasteiger charge is 2.28. The Labute approximate surface area is 101 Å². The molecule has 1 fully saturated rings. The molecule has 3 N–H and O–H groups in total. The molecule has 1 aromatic rings. The highest BCUT2D eigenvalue weighted by molar-refractivity contribution is 5.31. The molecule has 1 heterocycles. The van der Waals surface area contributed by atoms with Gasteiger partial charge in [-0.2, -0.15) is 0 Å². The predicted molar refractivity (Wildman–Crippen MR) is 68.1 cm³/mol. The first-order chi connectivity index (χ1) is 8.09. The number of nitrogens with zero attached hydrogens (tertiary/aromatic N) is 2. The Balaban J connectivity index is 2.05. The predicted octanol–water partition coefficient (Wildman–Crippen LogP) is 0.973. The fraction of sp³-hybridized carbons (Fsp3) is 0.667. The van der Waals surface area contributed by atoms with Crippen LogP contribution in [-0.4, -0.2) is 22.1 Å². The molecule has 1 aliphatic carbocycles. The summed E-state index contributed by atoms with van der Waals surface area (Å²) >= 11 is 0. The maximum atomic E-state index is 12.0. The molecule has 0 amide bonds. The minimum atomic E-state index is -0.0782. The largest absolute Gasteiger partial charge is 0.364 e. The number of hydrogen-bond acceptors (Lipinski definition) is 4. The lowest BCUT2D eigenvalue weighted by Gasteiger charge is -2.14. The van der Waals surface area contributed by atoms with Crippen molar-refractivity contribution in [1.29, 1.82) is 0 Å². The van der Waals surface area contributed by atoms with Crippen LogP contribution in [0.4, 0.5) is 5.82 Å². The van der Waals surface area contributed by atoms with Crippen LogP contribution in [0.15, 0.2) is 17.2 Å². The van der Waals surface area contributed by atoms with Gasteiger partial charge in [-0.3, -0.25) is 4.79 Å². The molecule has 0 aliphatic heterocycles. The summed E-state index contributed by atoms with van der Waals surface area (Å²) in [6.45, 7) is 4.57.